The highest BCUT2D eigenvalue weighted by atomic mass is 32.2. The highest BCUT2D eigenvalue weighted by molar-refractivity contribution is 7.99. The van der Waals surface area contributed by atoms with Crippen molar-refractivity contribution in [1.82, 2.24) is 4.98 Å². The zero-order valence-electron chi connectivity index (χ0n) is 14.3. The summed E-state index contributed by atoms with van der Waals surface area (Å²) in [6.45, 7) is 0. The van der Waals surface area contributed by atoms with Gasteiger partial charge in [0.25, 0.3) is 0 Å². The van der Waals surface area contributed by atoms with Crippen LogP contribution in [0, 0.1) is 23.7 Å². The van der Waals surface area contributed by atoms with Gasteiger partial charge in [-0.15, -0.1) is 6.42 Å². The van der Waals surface area contributed by atoms with E-state index in [4.69, 9.17) is 16.1 Å². The summed E-state index contributed by atoms with van der Waals surface area (Å²) < 4.78 is 5.50. The predicted octanol–water partition coefficient (Wildman–Crippen LogP) is 5.02. The lowest BCUT2D eigenvalue weighted by Crippen LogP contribution is -1.97. The van der Waals surface area contributed by atoms with Crippen molar-refractivity contribution in [2.45, 2.75) is 5.03 Å². The first-order chi connectivity index (χ1) is 12.8. The van der Waals surface area contributed by atoms with Gasteiger partial charge in [0.2, 0.25) is 0 Å². The van der Waals surface area contributed by atoms with Crippen LogP contribution in [-0.2, 0) is 0 Å². The number of benzene rings is 2. The van der Waals surface area contributed by atoms with Crippen LogP contribution in [0.1, 0.15) is 5.56 Å². The Hall–Kier alpha value is -3.21. The molecule has 4 heteroatoms. The Bertz CT molecular complexity index is 1000. The molecule has 26 heavy (non-hydrogen) atoms. The van der Waals surface area contributed by atoms with Crippen LogP contribution < -0.4 is 4.74 Å². The van der Waals surface area contributed by atoms with Gasteiger partial charge in [-0.1, -0.05) is 66.2 Å². The maximum atomic E-state index is 9.79. The summed E-state index contributed by atoms with van der Waals surface area (Å²) in [6.07, 6.45) is 5.41. The number of aromatic nitrogens is 1. The van der Waals surface area contributed by atoms with E-state index >= 15 is 0 Å². The van der Waals surface area contributed by atoms with Crippen molar-refractivity contribution in [3.05, 3.63) is 66.2 Å². The highest BCUT2D eigenvalue weighted by Crippen LogP contribution is 2.37. The molecule has 1 heterocycles. The van der Waals surface area contributed by atoms with Crippen LogP contribution in [-0.4, -0.2) is 17.8 Å². The molecule has 2 aromatic carbocycles. The van der Waals surface area contributed by atoms with E-state index in [1.807, 2.05) is 60.7 Å². The number of ether oxygens (including phenoxy) is 1. The summed E-state index contributed by atoms with van der Waals surface area (Å²) in [5, 5.41) is 10.4. The van der Waals surface area contributed by atoms with Gasteiger partial charge in [-0.25, -0.2) is 4.98 Å². The molecule has 0 aliphatic heterocycles. The van der Waals surface area contributed by atoms with E-state index in [1.165, 1.54) is 11.8 Å². The first-order valence-electron chi connectivity index (χ1n) is 7.98. The summed E-state index contributed by atoms with van der Waals surface area (Å²) in [4.78, 5) is 4.70. The maximum Gasteiger partial charge on any atom is 0.126 e. The number of hydrogen-bond acceptors (Lipinski definition) is 4. The van der Waals surface area contributed by atoms with Crippen molar-refractivity contribution in [2.75, 3.05) is 12.9 Å². The molecule has 3 aromatic rings. The molecule has 0 aliphatic carbocycles. The van der Waals surface area contributed by atoms with Gasteiger partial charge < -0.3 is 4.74 Å². The van der Waals surface area contributed by atoms with Crippen molar-refractivity contribution >= 4 is 11.8 Å². The number of nitrogens with zero attached hydrogens (tertiary/aromatic N) is 2. The molecule has 0 fully saturated rings. The fraction of sp³-hybridized carbons (Fsp3) is 0.0909. The van der Waals surface area contributed by atoms with E-state index in [1.54, 1.807) is 7.11 Å². The smallest absolute Gasteiger partial charge is 0.126 e. The number of nitriles is 1. The molecule has 0 bridgehead atoms. The molecule has 0 amide bonds. The third-order valence-corrected chi connectivity index (χ3v) is 4.74. The van der Waals surface area contributed by atoms with E-state index in [2.05, 4.69) is 12.0 Å². The molecule has 0 spiro atoms. The van der Waals surface area contributed by atoms with Crippen molar-refractivity contribution in [3.63, 3.8) is 0 Å². The van der Waals surface area contributed by atoms with E-state index in [-0.39, 0.29) is 0 Å². The molecule has 0 saturated heterocycles. The van der Waals surface area contributed by atoms with Gasteiger partial charge in [0.05, 0.1) is 24.1 Å². The van der Waals surface area contributed by atoms with Crippen LogP contribution in [0.25, 0.3) is 22.4 Å². The lowest BCUT2D eigenvalue weighted by molar-refractivity contribution is 0.416. The molecule has 3 nitrogen and oxygen atoms in total. The van der Waals surface area contributed by atoms with Crippen LogP contribution in [0.4, 0.5) is 0 Å². The second kappa shape index (κ2) is 8.25. The lowest BCUT2D eigenvalue weighted by atomic mass is 9.98. The second-order valence-electron chi connectivity index (χ2n) is 5.41. The first-order valence-corrected chi connectivity index (χ1v) is 8.97. The van der Waals surface area contributed by atoms with Crippen LogP contribution in [0.2, 0.25) is 0 Å². The number of hydrogen-bond donors (Lipinski definition) is 0. The molecule has 0 atom stereocenters. The van der Waals surface area contributed by atoms with E-state index in [9.17, 15) is 5.26 Å². The Morgan fingerprint density at radius 1 is 1.08 bits per heavy atom. The quantitative estimate of drug-likeness (QED) is 0.476. The molecule has 1 aromatic heterocycles. The van der Waals surface area contributed by atoms with Crippen LogP contribution in [0.15, 0.2) is 65.7 Å². The molecular weight excluding hydrogens is 340 g/mol. The monoisotopic (exact) mass is 356 g/mol. The van der Waals surface area contributed by atoms with Crippen LogP contribution in [0.3, 0.4) is 0 Å². The Morgan fingerprint density at radius 2 is 1.81 bits per heavy atom. The Morgan fingerprint density at radius 3 is 2.50 bits per heavy atom. The number of methoxy groups -OCH3 is 1. The van der Waals surface area contributed by atoms with Gasteiger partial charge in [0.15, 0.2) is 0 Å². The van der Waals surface area contributed by atoms with Crippen molar-refractivity contribution in [1.29, 1.82) is 5.26 Å². The molecule has 0 N–H and O–H groups in total. The summed E-state index contributed by atoms with van der Waals surface area (Å²) >= 11 is 1.39. The Labute approximate surface area is 157 Å². The molecular formula is C22H16N2OS. The highest BCUT2D eigenvalue weighted by Gasteiger charge is 2.17. The predicted molar refractivity (Wildman–Crippen MR) is 106 cm³/mol. The third kappa shape index (κ3) is 3.57. The van der Waals surface area contributed by atoms with Crippen LogP contribution >= 0.6 is 11.8 Å². The molecule has 3 rings (SSSR count). The van der Waals surface area contributed by atoms with Gasteiger partial charge in [-0.05, 0) is 12.1 Å². The van der Waals surface area contributed by atoms with Crippen LogP contribution in [0.5, 0.6) is 5.75 Å². The molecule has 0 unspecified atom stereocenters. The minimum absolute atomic E-state index is 0.450. The number of rotatable bonds is 5. The SMILES string of the molecule is C#CCSc1nc(-c2ccccc2)cc(-c2ccccc2OC)c1C#N. The third-order valence-electron chi connectivity index (χ3n) is 3.86. The number of thioether (sulfide) groups is 1. The first kappa shape index (κ1) is 17.6. The second-order valence-corrected chi connectivity index (χ2v) is 6.37. The molecule has 0 aliphatic rings. The van der Waals surface area contributed by atoms with Gasteiger partial charge in [0.1, 0.15) is 16.8 Å². The Kier molecular flexibility index (Phi) is 5.59. The van der Waals surface area contributed by atoms with E-state index < -0.39 is 0 Å². The van der Waals surface area contributed by atoms with E-state index in [0.717, 1.165) is 22.4 Å². The number of pyridine rings is 1. The summed E-state index contributed by atoms with van der Waals surface area (Å²) in [5.41, 5.74) is 3.93. The van der Waals surface area contributed by atoms with Gasteiger partial charge in [-0.2, -0.15) is 5.26 Å². The Balaban J connectivity index is 2.28. The van der Waals surface area contributed by atoms with Gasteiger partial charge in [0, 0.05) is 16.7 Å². The topological polar surface area (TPSA) is 45.9 Å². The zero-order chi connectivity index (χ0) is 18.4. The summed E-state index contributed by atoms with van der Waals surface area (Å²) in [6, 6.07) is 21.8. The minimum atomic E-state index is 0.450. The number of terminal acetylenes is 1. The largest absolute Gasteiger partial charge is 0.496 e. The summed E-state index contributed by atoms with van der Waals surface area (Å²) in [7, 11) is 1.62. The average molecular weight is 356 g/mol. The average Bonchev–Trinajstić information content (AvgIpc) is 2.72. The zero-order valence-corrected chi connectivity index (χ0v) is 15.1. The van der Waals surface area contributed by atoms with Gasteiger partial charge >= 0.3 is 0 Å². The van der Waals surface area contributed by atoms with Crippen molar-refractivity contribution < 1.29 is 4.74 Å². The minimum Gasteiger partial charge on any atom is -0.496 e. The fourth-order valence-corrected chi connectivity index (χ4v) is 3.36. The lowest BCUT2D eigenvalue weighted by Gasteiger charge is -2.14. The normalized spacial score (nSPS) is 9.96. The maximum absolute atomic E-state index is 9.79. The molecule has 0 radical (unpaired) electrons. The fourth-order valence-electron chi connectivity index (χ4n) is 2.68. The standard InChI is InChI=1S/C22H16N2OS/c1-3-13-26-22-19(15-23)18(17-11-7-8-12-21(17)25-2)14-20(24-22)16-9-5-4-6-10-16/h1,4-12,14H,13H2,2H3. The molecule has 0 saturated carbocycles. The van der Waals surface area contributed by atoms with Crippen molar-refractivity contribution in [3.8, 4) is 46.5 Å². The molecule has 126 valence electrons. The number of para-hydroxylation sites is 1. The van der Waals surface area contributed by atoms with Gasteiger partial charge in [-0.3, -0.25) is 0 Å². The van der Waals surface area contributed by atoms with Crippen molar-refractivity contribution in [2.24, 2.45) is 0 Å². The summed E-state index contributed by atoms with van der Waals surface area (Å²) in [5.74, 6) is 3.76. The van der Waals surface area contributed by atoms with E-state index in [0.29, 0.717) is 22.1 Å².